The van der Waals surface area contributed by atoms with Crippen molar-refractivity contribution in [3.8, 4) is 5.69 Å². The van der Waals surface area contributed by atoms with Crippen LogP contribution in [-0.2, 0) is 11.2 Å². The fourth-order valence-corrected chi connectivity index (χ4v) is 3.88. The second kappa shape index (κ2) is 9.61. The van der Waals surface area contributed by atoms with E-state index in [-0.39, 0.29) is 11.7 Å². The number of para-hydroxylation sites is 1. The first-order chi connectivity index (χ1) is 14.7. The van der Waals surface area contributed by atoms with Crippen LogP contribution in [0.5, 0.6) is 0 Å². The zero-order valence-electron chi connectivity index (χ0n) is 16.0. The zero-order valence-corrected chi connectivity index (χ0v) is 17.6. The zero-order chi connectivity index (χ0) is 20.8. The van der Waals surface area contributed by atoms with E-state index >= 15 is 0 Å². The summed E-state index contributed by atoms with van der Waals surface area (Å²) >= 11 is 7.25. The quantitative estimate of drug-likeness (QED) is 0.404. The average molecular weight is 435 g/mol. The van der Waals surface area contributed by atoms with Crippen molar-refractivity contribution in [1.82, 2.24) is 14.8 Å². The van der Waals surface area contributed by atoms with Crippen LogP contribution in [0.15, 0.2) is 90.1 Å². The number of benzene rings is 3. The molecule has 0 spiro atoms. The number of anilines is 1. The molecule has 30 heavy (non-hydrogen) atoms. The normalized spacial score (nSPS) is 10.7. The first-order valence-electron chi connectivity index (χ1n) is 9.41. The molecule has 0 aliphatic carbocycles. The van der Waals surface area contributed by atoms with Crippen molar-refractivity contribution in [3.05, 3.63) is 101 Å². The number of halogens is 1. The van der Waals surface area contributed by atoms with Crippen molar-refractivity contribution in [1.29, 1.82) is 0 Å². The van der Waals surface area contributed by atoms with Crippen LogP contribution in [0.2, 0.25) is 5.02 Å². The lowest BCUT2D eigenvalue weighted by Gasteiger charge is -2.10. The van der Waals surface area contributed by atoms with Crippen LogP contribution in [-0.4, -0.2) is 26.4 Å². The summed E-state index contributed by atoms with van der Waals surface area (Å²) < 4.78 is 2.01. The van der Waals surface area contributed by atoms with E-state index in [1.54, 1.807) is 24.3 Å². The molecule has 3 aromatic carbocycles. The predicted molar refractivity (Wildman–Crippen MR) is 121 cm³/mol. The minimum atomic E-state index is -0.116. The molecule has 1 heterocycles. The van der Waals surface area contributed by atoms with Gasteiger partial charge in [0.1, 0.15) is 5.82 Å². The van der Waals surface area contributed by atoms with Gasteiger partial charge in [-0.3, -0.25) is 9.36 Å². The van der Waals surface area contributed by atoms with Gasteiger partial charge >= 0.3 is 0 Å². The number of hydrogen-bond donors (Lipinski definition) is 1. The van der Waals surface area contributed by atoms with Gasteiger partial charge in [0.15, 0.2) is 5.16 Å². The molecule has 0 bridgehead atoms. The van der Waals surface area contributed by atoms with Crippen molar-refractivity contribution >= 4 is 35.0 Å². The van der Waals surface area contributed by atoms with Crippen molar-refractivity contribution in [2.24, 2.45) is 0 Å². The Balaban J connectivity index is 1.52. The van der Waals surface area contributed by atoms with E-state index in [1.165, 1.54) is 11.8 Å². The van der Waals surface area contributed by atoms with Crippen molar-refractivity contribution in [2.75, 3.05) is 11.1 Å². The molecule has 0 atom stereocenters. The number of amides is 1. The van der Waals surface area contributed by atoms with E-state index < -0.39 is 0 Å². The van der Waals surface area contributed by atoms with Gasteiger partial charge in [0.2, 0.25) is 5.91 Å². The smallest absolute Gasteiger partial charge is 0.234 e. The highest BCUT2D eigenvalue weighted by atomic mass is 35.5. The van der Waals surface area contributed by atoms with E-state index in [0.29, 0.717) is 22.3 Å². The van der Waals surface area contributed by atoms with Gasteiger partial charge in [-0.1, -0.05) is 71.9 Å². The van der Waals surface area contributed by atoms with Gasteiger partial charge in [0.25, 0.3) is 0 Å². The third-order valence-electron chi connectivity index (χ3n) is 4.38. The Labute approximate surface area is 184 Å². The van der Waals surface area contributed by atoms with Crippen molar-refractivity contribution in [2.45, 2.75) is 11.6 Å². The summed E-state index contributed by atoms with van der Waals surface area (Å²) in [5.74, 6) is 0.932. The van der Waals surface area contributed by atoms with Crippen LogP contribution in [0.1, 0.15) is 11.4 Å². The Kier molecular flexibility index (Phi) is 6.47. The molecular formula is C23H19ClN4OS. The van der Waals surface area contributed by atoms with E-state index in [9.17, 15) is 4.79 Å². The Morgan fingerprint density at radius 1 is 0.900 bits per heavy atom. The molecule has 1 N–H and O–H groups in total. The van der Waals surface area contributed by atoms with Gasteiger partial charge in [0.05, 0.1) is 5.75 Å². The van der Waals surface area contributed by atoms with Crippen LogP contribution >= 0.6 is 23.4 Å². The van der Waals surface area contributed by atoms with E-state index in [2.05, 4.69) is 27.6 Å². The molecule has 4 rings (SSSR count). The van der Waals surface area contributed by atoms with Gasteiger partial charge in [-0.15, -0.1) is 10.2 Å². The summed E-state index contributed by atoms with van der Waals surface area (Å²) in [5, 5.41) is 12.9. The lowest BCUT2D eigenvalue weighted by atomic mass is 10.1. The first-order valence-corrected chi connectivity index (χ1v) is 10.8. The van der Waals surface area contributed by atoms with Crippen molar-refractivity contribution in [3.63, 3.8) is 0 Å². The highest BCUT2D eigenvalue weighted by Gasteiger charge is 2.16. The molecule has 1 aromatic heterocycles. The third kappa shape index (κ3) is 5.09. The fourth-order valence-electron chi connectivity index (χ4n) is 2.98. The SMILES string of the molecule is O=C(CSc1nnc(Cc2ccccc2)n1-c1ccccc1)Nc1ccc(Cl)cc1. The minimum absolute atomic E-state index is 0.116. The van der Waals surface area contributed by atoms with Gasteiger partial charge in [-0.05, 0) is 42.0 Å². The maximum Gasteiger partial charge on any atom is 0.234 e. The van der Waals surface area contributed by atoms with Gasteiger partial charge in [-0.2, -0.15) is 0 Å². The highest BCUT2D eigenvalue weighted by molar-refractivity contribution is 7.99. The summed E-state index contributed by atoms with van der Waals surface area (Å²) in [5.41, 5.74) is 2.83. The Hall–Kier alpha value is -3.09. The lowest BCUT2D eigenvalue weighted by Crippen LogP contribution is -2.14. The molecule has 0 fully saturated rings. The number of aromatic nitrogens is 3. The Morgan fingerprint density at radius 2 is 1.57 bits per heavy atom. The molecule has 4 aromatic rings. The summed E-state index contributed by atoms with van der Waals surface area (Å²) in [6.45, 7) is 0. The molecule has 7 heteroatoms. The number of carbonyl (C=O) groups is 1. The molecule has 0 saturated carbocycles. The number of carbonyl (C=O) groups excluding carboxylic acids is 1. The number of hydrogen-bond acceptors (Lipinski definition) is 4. The molecule has 0 saturated heterocycles. The maximum absolute atomic E-state index is 12.4. The number of rotatable bonds is 7. The largest absolute Gasteiger partial charge is 0.325 e. The third-order valence-corrected chi connectivity index (χ3v) is 5.56. The minimum Gasteiger partial charge on any atom is -0.325 e. The van der Waals surface area contributed by atoms with Gasteiger partial charge < -0.3 is 5.32 Å². The molecule has 5 nitrogen and oxygen atoms in total. The summed E-state index contributed by atoms with van der Waals surface area (Å²) in [6, 6.07) is 27.1. The summed E-state index contributed by atoms with van der Waals surface area (Å²) in [4.78, 5) is 12.4. The maximum atomic E-state index is 12.4. The van der Waals surface area contributed by atoms with Crippen molar-refractivity contribution < 1.29 is 4.79 Å². The lowest BCUT2D eigenvalue weighted by molar-refractivity contribution is -0.113. The topological polar surface area (TPSA) is 59.8 Å². The molecular weight excluding hydrogens is 416 g/mol. The highest BCUT2D eigenvalue weighted by Crippen LogP contribution is 2.24. The van der Waals surface area contributed by atoms with E-state index in [0.717, 1.165) is 17.1 Å². The average Bonchev–Trinajstić information content (AvgIpc) is 3.17. The molecule has 0 aliphatic rings. The molecule has 0 unspecified atom stereocenters. The second-order valence-corrected chi connectivity index (χ2v) is 7.95. The van der Waals surface area contributed by atoms with Crippen LogP contribution in [0.25, 0.3) is 5.69 Å². The van der Waals surface area contributed by atoms with Gasteiger partial charge in [0, 0.05) is 22.8 Å². The van der Waals surface area contributed by atoms with E-state index in [1.807, 2.05) is 53.1 Å². The Morgan fingerprint density at radius 3 is 2.27 bits per heavy atom. The van der Waals surface area contributed by atoms with Crippen LogP contribution in [0.3, 0.4) is 0 Å². The Bertz CT molecular complexity index is 1120. The van der Waals surface area contributed by atoms with E-state index in [4.69, 9.17) is 11.6 Å². The molecule has 150 valence electrons. The molecule has 1 amide bonds. The predicted octanol–water partition coefficient (Wildman–Crippen LogP) is 5.24. The van der Waals surface area contributed by atoms with Crippen LogP contribution in [0.4, 0.5) is 5.69 Å². The monoisotopic (exact) mass is 434 g/mol. The standard InChI is InChI=1S/C23H19ClN4OS/c24-18-11-13-19(14-12-18)25-22(29)16-30-23-27-26-21(15-17-7-3-1-4-8-17)28(23)20-9-5-2-6-10-20/h1-14H,15-16H2,(H,25,29). The van der Waals surface area contributed by atoms with Crippen LogP contribution < -0.4 is 5.32 Å². The summed E-state index contributed by atoms with van der Waals surface area (Å²) in [7, 11) is 0. The van der Waals surface area contributed by atoms with Gasteiger partial charge in [-0.25, -0.2) is 0 Å². The number of nitrogens with one attached hydrogen (secondary N) is 1. The number of thioether (sulfide) groups is 1. The molecule has 0 aliphatic heterocycles. The summed E-state index contributed by atoms with van der Waals surface area (Å²) in [6.07, 6.45) is 0.653. The number of nitrogens with zero attached hydrogens (tertiary/aromatic N) is 3. The fraction of sp³-hybridized carbons (Fsp3) is 0.0870. The second-order valence-electron chi connectivity index (χ2n) is 6.58. The van der Waals surface area contributed by atoms with Crippen LogP contribution in [0, 0.1) is 0 Å². The first kappa shape index (κ1) is 20.2. The molecule has 0 radical (unpaired) electrons.